The second-order valence-corrected chi connectivity index (χ2v) is 6.00. The van der Waals surface area contributed by atoms with E-state index in [2.05, 4.69) is 9.89 Å². The first-order chi connectivity index (χ1) is 9.67. The smallest absolute Gasteiger partial charge is 0.196 e. The van der Waals surface area contributed by atoms with E-state index in [-0.39, 0.29) is 11.6 Å². The van der Waals surface area contributed by atoms with Gasteiger partial charge in [-0.05, 0) is 37.1 Å². The molecule has 20 heavy (non-hydrogen) atoms. The van der Waals surface area contributed by atoms with Crippen molar-refractivity contribution in [2.75, 3.05) is 18.6 Å². The minimum absolute atomic E-state index is 0.134. The van der Waals surface area contributed by atoms with Crippen LogP contribution in [0.5, 0.6) is 0 Å². The van der Waals surface area contributed by atoms with Gasteiger partial charge in [-0.25, -0.2) is 0 Å². The van der Waals surface area contributed by atoms with Gasteiger partial charge in [-0.1, -0.05) is 24.4 Å². The summed E-state index contributed by atoms with van der Waals surface area (Å²) in [4.78, 5) is 6.65. The molecule has 2 unspecified atom stereocenters. The maximum Gasteiger partial charge on any atom is 0.196 e. The Kier molecular flexibility index (Phi) is 3.61. The van der Waals surface area contributed by atoms with Crippen molar-refractivity contribution in [3.05, 3.63) is 29.3 Å². The van der Waals surface area contributed by atoms with Crippen molar-refractivity contribution < 1.29 is 4.74 Å². The Balaban J connectivity index is 2.00. The van der Waals surface area contributed by atoms with E-state index in [1.54, 1.807) is 7.11 Å². The van der Waals surface area contributed by atoms with Gasteiger partial charge in [0.2, 0.25) is 0 Å². The summed E-state index contributed by atoms with van der Waals surface area (Å²) in [6, 6.07) is 7.78. The molecule has 2 aliphatic rings. The Morgan fingerprint density at radius 1 is 1.35 bits per heavy atom. The molecule has 1 fully saturated rings. The van der Waals surface area contributed by atoms with Gasteiger partial charge in [-0.2, -0.15) is 0 Å². The van der Waals surface area contributed by atoms with Gasteiger partial charge in [-0.15, -0.1) is 0 Å². The molecule has 3 rings (SSSR count). The van der Waals surface area contributed by atoms with Crippen LogP contribution in [0, 0.1) is 0 Å². The lowest BCUT2D eigenvalue weighted by Gasteiger charge is -2.46. The van der Waals surface area contributed by atoms with E-state index in [1.807, 2.05) is 24.3 Å². The number of nitrogens with zero attached hydrogens (tertiary/aromatic N) is 2. The lowest BCUT2D eigenvalue weighted by atomic mass is 9.78. The molecule has 1 saturated carbocycles. The Morgan fingerprint density at radius 2 is 2.10 bits per heavy atom. The van der Waals surface area contributed by atoms with Gasteiger partial charge in [0.15, 0.2) is 5.96 Å². The van der Waals surface area contributed by atoms with E-state index in [0.29, 0.717) is 12.5 Å². The van der Waals surface area contributed by atoms with E-state index >= 15 is 0 Å². The number of anilines is 1. The predicted molar refractivity (Wildman–Crippen MR) is 82.4 cm³/mol. The van der Waals surface area contributed by atoms with Gasteiger partial charge in [0.1, 0.15) is 0 Å². The van der Waals surface area contributed by atoms with Crippen molar-refractivity contribution in [3.8, 4) is 0 Å². The maximum atomic E-state index is 6.16. The van der Waals surface area contributed by atoms with Crippen molar-refractivity contribution in [1.82, 2.24) is 0 Å². The fourth-order valence-corrected chi connectivity index (χ4v) is 3.66. The van der Waals surface area contributed by atoms with Crippen LogP contribution >= 0.6 is 11.6 Å². The summed E-state index contributed by atoms with van der Waals surface area (Å²) < 4.78 is 5.76. The van der Waals surface area contributed by atoms with Crippen molar-refractivity contribution in [1.29, 1.82) is 0 Å². The Morgan fingerprint density at radius 3 is 2.80 bits per heavy atom. The molecule has 5 heteroatoms. The van der Waals surface area contributed by atoms with Crippen LogP contribution in [0.2, 0.25) is 5.02 Å². The number of rotatable bonds is 2. The molecule has 0 aromatic heterocycles. The molecule has 108 valence electrons. The van der Waals surface area contributed by atoms with Crippen LogP contribution in [-0.4, -0.2) is 31.3 Å². The molecule has 0 bridgehead atoms. The Bertz CT molecular complexity index is 516. The summed E-state index contributed by atoms with van der Waals surface area (Å²) in [5, 5.41) is 0.726. The summed E-state index contributed by atoms with van der Waals surface area (Å²) in [7, 11) is 1.78. The minimum atomic E-state index is -0.134. The highest BCUT2D eigenvalue weighted by atomic mass is 35.5. The summed E-state index contributed by atoms with van der Waals surface area (Å²) in [6.07, 6.45) is 4.67. The van der Waals surface area contributed by atoms with E-state index in [1.165, 1.54) is 12.8 Å². The lowest BCUT2D eigenvalue weighted by molar-refractivity contribution is 0.0144. The third-order valence-electron chi connectivity index (χ3n) is 4.48. The average Bonchev–Trinajstić information content (AvgIpc) is 2.78. The summed E-state index contributed by atoms with van der Waals surface area (Å²) in [5.41, 5.74) is 7.06. The normalized spacial score (nSPS) is 29.8. The molecule has 4 nitrogen and oxygen atoms in total. The van der Waals surface area contributed by atoms with Gasteiger partial charge in [0, 0.05) is 17.8 Å². The number of nitrogens with two attached hydrogens (primary N) is 1. The topological polar surface area (TPSA) is 50.9 Å². The molecule has 0 saturated heterocycles. The van der Waals surface area contributed by atoms with Gasteiger partial charge >= 0.3 is 0 Å². The summed E-state index contributed by atoms with van der Waals surface area (Å²) in [5.74, 6) is 0.580. The molecule has 1 heterocycles. The number of aliphatic imine (C=N–C) groups is 1. The van der Waals surface area contributed by atoms with E-state index in [4.69, 9.17) is 22.1 Å². The maximum absolute atomic E-state index is 6.16. The van der Waals surface area contributed by atoms with Gasteiger partial charge in [0.05, 0.1) is 18.2 Å². The molecule has 1 aromatic rings. The first-order valence-corrected chi connectivity index (χ1v) is 7.44. The van der Waals surface area contributed by atoms with Crippen LogP contribution in [0.4, 0.5) is 5.69 Å². The van der Waals surface area contributed by atoms with Crippen LogP contribution < -0.4 is 10.6 Å². The number of ether oxygens (including phenoxy) is 1. The molecule has 0 amide bonds. The summed E-state index contributed by atoms with van der Waals surface area (Å²) >= 11 is 5.98. The molecule has 1 aliphatic heterocycles. The largest absolute Gasteiger partial charge is 0.379 e. The van der Waals surface area contributed by atoms with E-state index in [0.717, 1.165) is 23.6 Å². The molecular weight excluding hydrogens is 274 g/mol. The van der Waals surface area contributed by atoms with Crippen LogP contribution in [0.25, 0.3) is 0 Å². The zero-order chi connectivity index (χ0) is 14.2. The summed E-state index contributed by atoms with van der Waals surface area (Å²) in [6.45, 7) is 0.708. The number of halogens is 1. The molecule has 1 aliphatic carbocycles. The first-order valence-electron chi connectivity index (χ1n) is 7.06. The van der Waals surface area contributed by atoms with Crippen molar-refractivity contribution >= 4 is 23.2 Å². The lowest BCUT2D eigenvalue weighted by Crippen LogP contribution is -2.61. The minimum Gasteiger partial charge on any atom is -0.379 e. The third-order valence-corrected chi connectivity index (χ3v) is 4.74. The predicted octanol–water partition coefficient (Wildman–Crippen LogP) is 2.80. The van der Waals surface area contributed by atoms with Crippen LogP contribution in [0.1, 0.15) is 25.7 Å². The number of guanidine groups is 1. The molecule has 1 spiro atoms. The highest BCUT2D eigenvalue weighted by Crippen LogP contribution is 2.41. The Labute approximate surface area is 124 Å². The van der Waals surface area contributed by atoms with Gasteiger partial charge in [-0.3, -0.25) is 4.99 Å². The highest BCUT2D eigenvalue weighted by molar-refractivity contribution is 6.30. The van der Waals surface area contributed by atoms with E-state index < -0.39 is 0 Å². The second-order valence-electron chi connectivity index (χ2n) is 5.56. The molecule has 0 radical (unpaired) electrons. The molecule has 2 atom stereocenters. The second kappa shape index (κ2) is 5.26. The number of hydrogen-bond acceptors (Lipinski definition) is 4. The van der Waals surface area contributed by atoms with E-state index in [9.17, 15) is 0 Å². The van der Waals surface area contributed by atoms with Crippen molar-refractivity contribution in [2.45, 2.75) is 37.3 Å². The quantitative estimate of drug-likeness (QED) is 0.912. The fourth-order valence-electron chi connectivity index (χ4n) is 3.53. The standard InChI is InChI=1S/C15H20ClN3O/c1-20-13-4-2-3-9-15(13)10-18-14(17)19(15)12-7-5-11(16)6-8-12/h5-8,13H,2-4,9-10H2,1H3,(H2,17,18). The fraction of sp³-hybridized carbons (Fsp3) is 0.533. The Hall–Kier alpha value is -1.26. The van der Waals surface area contributed by atoms with Crippen LogP contribution in [0.3, 0.4) is 0 Å². The molecular formula is C15H20ClN3O. The number of hydrogen-bond donors (Lipinski definition) is 1. The van der Waals surface area contributed by atoms with Crippen molar-refractivity contribution in [3.63, 3.8) is 0 Å². The number of benzene rings is 1. The molecule has 1 aromatic carbocycles. The molecule has 2 N–H and O–H groups in total. The zero-order valence-corrected chi connectivity index (χ0v) is 12.4. The third kappa shape index (κ3) is 2.07. The number of methoxy groups -OCH3 is 1. The van der Waals surface area contributed by atoms with Crippen LogP contribution in [0.15, 0.2) is 29.3 Å². The van der Waals surface area contributed by atoms with Gasteiger partial charge < -0.3 is 15.4 Å². The highest BCUT2D eigenvalue weighted by Gasteiger charge is 2.50. The van der Waals surface area contributed by atoms with Crippen molar-refractivity contribution in [2.24, 2.45) is 10.7 Å². The monoisotopic (exact) mass is 293 g/mol. The van der Waals surface area contributed by atoms with Gasteiger partial charge in [0.25, 0.3) is 0 Å². The van der Waals surface area contributed by atoms with Crippen LogP contribution in [-0.2, 0) is 4.74 Å². The zero-order valence-electron chi connectivity index (χ0n) is 11.7. The first kappa shape index (κ1) is 13.7. The average molecular weight is 294 g/mol. The SMILES string of the molecule is COC1CCCCC12CN=C(N)N2c1ccc(Cl)cc1.